The second-order valence-corrected chi connectivity index (χ2v) is 5.49. The average molecular weight is 378 g/mol. The molecule has 0 aromatic carbocycles. The third-order valence-electron chi connectivity index (χ3n) is 2.86. The van der Waals surface area contributed by atoms with Crippen molar-refractivity contribution in [3.05, 3.63) is 0 Å². The minimum atomic E-state index is -1.33. The molecule has 0 aliphatic heterocycles. The molecule has 0 saturated carbocycles. The van der Waals surface area contributed by atoms with Gasteiger partial charge in [-0.15, -0.1) is 11.6 Å². The largest absolute Gasteiger partial charge is 0.462 e. The lowest BCUT2D eigenvalue weighted by Crippen LogP contribution is -2.50. The Morgan fingerprint density at radius 3 is 2.08 bits per heavy atom. The summed E-state index contributed by atoms with van der Waals surface area (Å²) in [5, 5.41) is 7.76. The number of halogens is 1. The zero-order valence-corrected chi connectivity index (χ0v) is 14.9. The Bertz CT molecular complexity index is 518. The van der Waals surface area contributed by atoms with E-state index < -0.39 is 48.2 Å². The third kappa shape index (κ3) is 9.52. The van der Waals surface area contributed by atoms with Crippen LogP contribution in [0.3, 0.4) is 0 Å². The molecular weight excluding hydrogens is 358 g/mol. The van der Waals surface area contributed by atoms with Crippen LogP contribution in [-0.4, -0.2) is 54.7 Å². The third-order valence-corrected chi connectivity index (χ3v) is 3.33. The Morgan fingerprint density at radius 2 is 1.64 bits per heavy atom. The van der Waals surface area contributed by atoms with E-state index in [1.54, 1.807) is 0 Å². The van der Waals surface area contributed by atoms with Crippen molar-refractivity contribution in [3.63, 3.8) is 0 Å². The van der Waals surface area contributed by atoms with Crippen molar-refractivity contribution in [1.29, 1.82) is 5.26 Å². The van der Waals surface area contributed by atoms with E-state index in [9.17, 15) is 19.2 Å². The van der Waals surface area contributed by atoms with Crippen LogP contribution in [0, 0.1) is 11.3 Å². The second-order valence-electron chi connectivity index (χ2n) is 4.93. The Hall–Kier alpha value is -2.34. The van der Waals surface area contributed by atoms with Crippen LogP contribution in [0.1, 0.15) is 33.6 Å². The van der Waals surface area contributed by atoms with E-state index in [1.807, 2.05) is 6.07 Å². The molecule has 140 valence electrons. The number of nitrogens with zero attached hydrogens (tertiary/aromatic N) is 1. The number of rotatable bonds is 11. The molecule has 0 aromatic heterocycles. The SMILES string of the molecule is CC(=O)OC[C@@H](OC=O)[C@@H](OC(C)=O)[C@H](OC(C)=O)[C@H](Cl)CCC#N. The smallest absolute Gasteiger partial charge is 0.303 e. The topological polar surface area (TPSA) is 129 Å². The highest BCUT2D eigenvalue weighted by Crippen LogP contribution is 2.23. The van der Waals surface area contributed by atoms with Gasteiger partial charge in [0.2, 0.25) is 0 Å². The zero-order chi connectivity index (χ0) is 19.4. The van der Waals surface area contributed by atoms with E-state index >= 15 is 0 Å². The highest BCUT2D eigenvalue weighted by Gasteiger charge is 2.41. The van der Waals surface area contributed by atoms with Gasteiger partial charge >= 0.3 is 17.9 Å². The molecule has 0 aliphatic carbocycles. The highest BCUT2D eigenvalue weighted by atomic mass is 35.5. The van der Waals surface area contributed by atoms with E-state index in [0.717, 1.165) is 20.8 Å². The standard InChI is InChI=1S/C15H20ClNO8/c1-9(19)22-7-13(23-8-18)15(25-11(3)21)14(24-10(2)20)12(16)5-4-6-17/h8,12-15H,4-5,7H2,1-3H3/t12-,13-,14-,15-/m1/s1. The summed E-state index contributed by atoms with van der Waals surface area (Å²) in [4.78, 5) is 44.6. The maximum Gasteiger partial charge on any atom is 0.303 e. The van der Waals surface area contributed by atoms with Crippen molar-refractivity contribution in [2.24, 2.45) is 0 Å². The van der Waals surface area contributed by atoms with Gasteiger partial charge in [0.05, 0.1) is 11.4 Å². The lowest BCUT2D eigenvalue weighted by atomic mass is 10.0. The summed E-state index contributed by atoms with van der Waals surface area (Å²) >= 11 is 6.18. The summed E-state index contributed by atoms with van der Waals surface area (Å²) in [6.07, 6.45) is -3.63. The minimum absolute atomic E-state index is 0.0574. The van der Waals surface area contributed by atoms with Crippen molar-refractivity contribution in [2.75, 3.05) is 6.61 Å². The van der Waals surface area contributed by atoms with E-state index in [2.05, 4.69) is 0 Å². The van der Waals surface area contributed by atoms with Gasteiger partial charge in [0, 0.05) is 27.2 Å². The molecule has 0 amide bonds. The maximum absolute atomic E-state index is 11.4. The molecular formula is C15H20ClNO8. The number of hydrogen-bond acceptors (Lipinski definition) is 9. The van der Waals surface area contributed by atoms with Gasteiger partial charge in [0.15, 0.2) is 18.3 Å². The van der Waals surface area contributed by atoms with Gasteiger partial charge in [-0.2, -0.15) is 5.26 Å². The lowest BCUT2D eigenvalue weighted by molar-refractivity contribution is -0.185. The van der Waals surface area contributed by atoms with Crippen molar-refractivity contribution >= 4 is 36.0 Å². The van der Waals surface area contributed by atoms with E-state index in [0.29, 0.717) is 0 Å². The van der Waals surface area contributed by atoms with E-state index in [1.165, 1.54) is 0 Å². The molecule has 4 atom stereocenters. The van der Waals surface area contributed by atoms with Crippen LogP contribution in [0.15, 0.2) is 0 Å². The molecule has 0 bridgehead atoms. The van der Waals surface area contributed by atoms with Gasteiger partial charge < -0.3 is 18.9 Å². The molecule has 0 saturated heterocycles. The summed E-state index contributed by atoms with van der Waals surface area (Å²) < 4.78 is 19.8. The molecule has 10 heteroatoms. The van der Waals surface area contributed by atoms with E-state index in [-0.39, 0.29) is 19.3 Å². The number of hydrogen-bond donors (Lipinski definition) is 0. The fraction of sp³-hybridized carbons (Fsp3) is 0.667. The van der Waals surface area contributed by atoms with Gasteiger partial charge in [-0.3, -0.25) is 19.2 Å². The molecule has 0 rings (SSSR count). The first-order valence-corrected chi connectivity index (χ1v) is 7.74. The Kier molecular flexibility index (Phi) is 11.0. The molecule has 0 spiro atoms. The number of nitriles is 1. The first kappa shape index (κ1) is 22.7. The monoisotopic (exact) mass is 377 g/mol. The maximum atomic E-state index is 11.4. The molecule has 0 fully saturated rings. The van der Waals surface area contributed by atoms with Crippen LogP contribution in [0.5, 0.6) is 0 Å². The lowest BCUT2D eigenvalue weighted by Gasteiger charge is -2.33. The fourth-order valence-electron chi connectivity index (χ4n) is 1.93. The summed E-state index contributed by atoms with van der Waals surface area (Å²) in [5.41, 5.74) is 0. The molecule has 0 N–H and O–H groups in total. The summed E-state index contributed by atoms with van der Waals surface area (Å²) in [6.45, 7) is 2.99. The molecule has 0 heterocycles. The number of carbonyl (C=O) groups is 4. The van der Waals surface area contributed by atoms with Crippen LogP contribution >= 0.6 is 11.6 Å². The first-order chi connectivity index (χ1) is 11.7. The predicted octanol–water partition coefficient (Wildman–Crippen LogP) is 0.866. The number of ether oxygens (including phenoxy) is 4. The molecule has 9 nitrogen and oxygen atoms in total. The van der Waals surface area contributed by atoms with Gasteiger partial charge in [0.1, 0.15) is 6.61 Å². The molecule has 0 aliphatic rings. The molecule has 0 unspecified atom stereocenters. The number of carbonyl (C=O) groups excluding carboxylic acids is 4. The molecule has 0 radical (unpaired) electrons. The van der Waals surface area contributed by atoms with Gasteiger partial charge in [-0.05, 0) is 6.42 Å². The van der Waals surface area contributed by atoms with Crippen molar-refractivity contribution in [1.82, 2.24) is 0 Å². The predicted molar refractivity (Wildman–Crippen MR) is 83.2 cm³/mol. The minimum Gasteiger partial charge on any atom is -0.462 e. The van der Waals surface area contributed by atoms with E-state index in [4.69, 9.17) is 35.8 Å². The summed E-state index contributed by atoms with van der Waals surface area (Å²) in [5.74, 6) is -2.13. The van der Waals surface area contributed by atoms with Crippen LogP contribution in [0.4, 0.5) is 0 Å². The highest BCUT2D eigenvalue weighted by molar-refractivity contribution is 6.21. The van der Waals surface area contributed by atoms with Gasteiger partial charge in [-0.1, -0.05) is 0 Å². The average Bonchev–Trinajstić information content (AvgIpc) is 2.51. The van der Waals surface area contributed by atoms with Crippen LogP contribution in [0.2, 0.25) is 0 Å². The Morgan fingerprint density at radius 1 is 1.08 bits per heavy atom. The van der Waals surface area contributed by atoms with Gasteiger partial charge in [-0.25, -0.2) is 0 Å². The Labute approximate surface area is 150 Å². The molecule has 0 aromatic rings. The van der Waals surface area contributed by atoms with Gasteiger partial charge in [0.25, 0.3) is 6.47 Å². The van der Waals surface area contributed by atoms with Crippen LogP contribution in [-0.2, 0) is 38.1 Å². The number of alkyl halides is 1. The normalized spacial score (nSPS) is 14.8. The first-order valence-electron chi connectivity index (χ1n) is 7.30. The van der Waals surface area contributed by atoms with Crippen molar-refractivity contribution < 1.29 is 38.1 Å². The fourth-order valence-corrected chi connectivity index (χ4v) is 2.24. The van der Waals surface area contributed by atoms with Crippen LogP contribution < -0.4 is 0 Å². The second kappa shape index (κ2) is 12.1. The summed E-state index contributed by atoms with van der Waals surface area (Å²) in [6, 6.07) is 1.89. The van der Waals surface area contributed by atoms with Crippen molar-refractivity contribution in [3.8, 4) is 6.07 Å². The Balaban J connectivity index is 5.60. The number of esters is 3. The van der Waals surface area contributed by atoms with Crippen LogP contribution in [0.25, 0.3) is 0 Å². The van der Waals surface area contributed by atoms with Crippen molar-refractivity contribution in [2.45, 2.75) is 57.3 Å². The zero-order valence-electron chi connectivity index (χ0n) is 14.1. The quantitative estimate of drug-likeness (QED) is 0.223. The molecule has 25 heavy (non-hydrogen) atoms. The summed E-state index contributed by atoms with van der Waals surface area (Å²) in [7, 11) is 0.